The minimum absolute atomic E-state index is 0.334. The quantitative estimate of drug-likeness (QED) is 0.479. The fourth-order valence-electron chi connectivity index (χ4n) is 2.57. The molecule has 2 aromatic rings. The van der Waals surface area contributed by atoms with Gasteiger partial charge in [0.05, 0.1) is 34.2 Å². The number of nitrogens with zero attached hydrogens (tertiary/aromatic N) is 1. The highest BCUT2D eigenvalue weighted by Crippen LogP contribution is 2.35. The Balaban J connectivity index is 2.46. The summed E-state index contributed by atoms with van der Waals surface area (Å²) in [6.45, 7) is 0. The smallest absolute Gasteiger partial charge is 0.169 e. The largest absolute Gasteiger partial charge is 0.493 e. The first-order valence-corrected chi connectivity index (χ1v) is 7.32. The highest BCUT2D eigenvalue weighted by molar-refractivity contribution is 6.04. The van der Waals surface area contributed by atoms with E-state index in [-0.39, 0.29) is 0 Å². The molecule has 128 valence electrons. The number of methoxy groups -OCH3 is 4. The third kappa shape index (κ3) is 3.37. The maximum Gasteiger partial charge on any atom is 0.169 e. The molecule has 0 fully saturated rings. The first-order chi connectivity index (χ1) is 11.7. The van der Waals surface area contributed by atoms with Gasteiger partial charge < -0.3 is 24.2 Å². The molecule has 0 unspecified atom stereocenters. The second-order valence-electron chi connectivity index (χ2n) is 4.92. The fourth-order valence-corrected chi connectivity index (χ4v) is 2.57. The molecule has 0 atom stereocenters. The summed E-state index contributed by atoms with van der Waals surface area (Å²) in [6.07, 6.45) is 0.334. The number of hydrogen-bond acceptors (Lipinski definition) is 6. The monoisotopic (exact) mass is 331 g/mol. The van der Waals surface area contributed by atoms with Crippen LogP contribution in [0.5, 0.6) is 23.0 Å². The van der Waals surface area contributed by atoms with Crippen LogP contribution in [0.4, 0.5) is 0 Å². The van der Waals surface area contributed by atoms with Crippen molar-refractivity contribution >= 4 is 5.71 Å². The van der Waals surface area contributed by atoms with E-state index in [9.17, 15) is 5.21 Å². The molecule has 0 aliphatic heterocycles. The van der Waals surface area contributed by atoms with Crippen molar-refractivity contribution in [1.82, 2.24) is 0 Å². The van der Waals surface area contributed by atoms with Crippen molar-refractivity contribution in [2.75, 3.05) is 28.4 Å². The van der Waals surface area contributed by atoms with Gasteiger partial charge in [0.25, 0.3) is 0 Å². The number of benzene rings is 2. The average Bonchev–Trinajstić information content (AvgIpc) is 2.64. The Kier molecular flexibility index (Phi) is 5.89. The Labute approximate surface area is 141 Å². The molecule has 0 heterocycles. The normalized spacial score (nSPS) is 11.1. The van der Waals surface area contributed by atoms with Crippen molar-refractivity contribution in [3.8, 4) is 23.0 Å². The summed E-state index contributed by atoms with van der Waals surface area (Å²) in [5, 5.41) is 13.0. The Morgan fingerprint density at radius 2 is 1.42 bits per heavy atom. The van der Waals surface area contributed by atoms with Crippen LogP contribution in [0.2, 0.25) is 0 Å². The summed E-state index contributed by atoms with van der Waals surface area (Å²) >= 11 is 0. The van der Waals surface area contributed by atoms with E-state index < -0.39 is 0 Å². The van der Waals surface area contributed by atoms with Crippen LogP contribution in [-0.4, -0.2) is 39.4 Å². The van der Waals surface area contributed by atoms with E-state index >= 15 is 0 Å². The molecule has 0 aliphatic carbocycles. The average molecular weight is 331 g/mol. The summed E-state index contributed by atoms with van der Waals surface area (Å²) in [6, 6.07) is 11.0. The molecule has 0 bridgehead atoms. The number of ether oxygens (including phenoxy) is 4. The molecule has 0 amide bonds. The van der Waals surface area contributed by atoms with E-state index in [0.29, 0.717) is 40.7 Å². The van der Waals surface area contributed by atoms with Gasteiger partial charge in [-0.2, -0.15) is 0 Å². The van der Waals surface area contributed by atoms with Gasteiger partial charge in [0, 0.05) is 17.5 Å². The van der Waals surface area contributed by atoms with Gasteiger partial charge in [-0.1, -0.05) is 23.4 Å². The minimum atomic E-state index is 0.334. The Bertz CT molecular complexity index is 727. The van der Waals surface area contributed by atoms with E-state index in [2.05, 4.69) is 5.16 Å². The summed E-state index contributed by atoms with van der Waals surface area (Å²) < 4.78 is 21.5. The summed E-state index contributed by atoms with van der Waals surface area (Å²) in [5.74, 6) is 2.29. The third-order valence-corrected chi connectivity index (χ3v) is 3.68. The highest BCUT2D eigenvalue weighted by atomic mass is 16.5. The van der Waals surface area contributed by atoms with Crippen LogP contribution in [0.3, 0.4) is 0 Å². The van der Waals surface area contributed by atoms with Crippen molar-refractivity contribution in [1.29, 1.82) is 0 Å². The molecule has 0 saturated carbocycles. The van der Waals surface area contributed by atoms with Crippen molar-refractivity contribution in [2.45, 2.75) is 6.42 Å². The van der Waals surface area contributed by atoms with Crippen molar-refractivity contribution in [3.63, 3.8) is 0 Å². The van der Waals surface area contributed by atoms with Crippen LogP contribution in [0, 0.1) is 0 Å². The molecule has 2 rings (SSSR count). The van der Waals surface area contributed by atoms with Crippen LogP contribution in [0.25, 0.3) is 0 Å². The molecule has 1 N–H and O–H groups in total. The van der Waals surface area contributed by atoms with E-state index in [4.69, 9.17) is 18.9 Å². The molecule has 0 aliphatic rings. The first kappa shape index (κ1) is 17.5. The molecule has 6 nitrogen and oxygen atoms in total. The van der Waals surface area contributed by atoms with Crippen LogP contribution in [-0.2, 0) is 6.42 Å². The summed E-state index contributed by atoms with van der Waals surface area (Å²) in [5.41, 5.74) is 1.90. The van der Waals surface area contributed by atoms with E-state index in [0.717, 1.165) is 5.56 Å². The molecule has 0 saturated heterocycles. The lowest BCUT2D eigenvalue weighted by Gasteiger charge is -2.15. The second kappa shape index (κ2) is 8.10. The fraction of sp³-hybridized carbons (Fsp3) is 0.278. The first-order valence-electron chi connectivity index (χ1n) is 7.32. The van der Waals surface area contributed by atoms with Gasteiger partial charge in [0.2, 0.25) is 0 Å². The van der Waals surface area contributed by atoms with E-state index in [1.165, 1.54) is 0 Å². The van der Waals surface area contributed by atoms with Crippen LogP contribution in [0.15, 0.2) is 41.6 Å². The van der Waals surface area contributed by atoms with Crippen LogP contribution >= 0.6 is 0 Å². The van der Waals surface area contributed by atoms with E-state index in [1.54, 1.807) is 34.5 Å². The zero-order chi connectivity index (χ0) is 17.5. The molecule has 0 radical (unpaired) electrons. The Hall–Kier alpha value is -2.89. The van der Waals surface area contributed by atoms with Crippen LogP contribution < -0.4 is 18.9 Å². The number of para-hydroxylation sites is 2. The molecule has 0 aromatic heterocycles. The standard InChI is InChI=1S/C18H21NO5/c1-21-15-9-5-7-12(17(15)23-3)11-14(19-20)13-8-6-10-16(22-2)18(13)24-4/h5-10,20H,11H2,1-4H3/b19-14+. The van der Waals surface area contributed by atoms with Crippen molar-refractivity contribution in [2.24, 2.45) is 5.16 Å². The second-order valence-corrected chi connectivity index (χ2v) is 4.92. The minimum Gasteiger partial charge on any atom is -0.493 e. The lowest BCUT2D eigenvalue weighted by atomic mass is 10.00. The van der Waals surface area contributed by atoms with Crippen molar-refractivity contribution in [3.05, 3.63) is 47.5 Å². The highest BCUT2D eigenvalue weighted by Gasteiger charge is 2.18. The Morgan fingerprint density at radius 3 is 1.96 bits per heavy atom. The lowest BCUT2D eigenvalue weighted by Crippen LogP contribution is -2.09. The predicted octanol–water partition coefficient (Wildman–Crippen LogP) is 3.14. The molecule has 0 spiro atoms. The zero-order valence-electron chi connectivity index (χ0n) is 14.2. The van der Waals surface area contributed by atoms with Gasteiger partial charge in [-0.25, -0.2) is 0 Å². The van der Waals surface area contributed by atoms with Crippen molar-refractivity contribution < 1.29 is 24.2 Å². The molecular formula is C18H21NO5. The molecular weight excluding hydrogens is 310 g/mol. The van der Waals surface area contributed by atoms with Gasteiger partial charge in [-0.05, 0) is 18.2 Å². The van der Waals surface area contributed by atoms with Gasteiger partial charge in [-0.15, -0.1) is 0 Å². The van der Waals surface area contributed by atoms with Gasteiger partial charge in [0.15, 0.2) is 23.0 Å². The number of oxime groups is 1. The lowest BCUT2D eigenvalue weighted by molar-refractivity contribution is 0.317. The molecule has 24 heavy (non-hydrogen) atoms. The number of rotatable bonds is 7. The molecule has 6 heteroatoms. The maximum atomic E-state index is 9.53. The maximum absolute atomic E-state index is 9.53. The SMILES string of the molecule is COc1cccc(C/C(=N\O)c2cccc(OC)c2OC)c1OC. The molecule has 2 aromatic carbocycles. The van der Waals surface area contributed by atoms with Gasteiger partial charge in [0.1, 0.15) is 0 Å². The van der Waals surface area contributed by atoms with Gasteiger partial charge in [-0.3, -0.25) is 0 Å². The van der Waals surface area contributed by atoms with E-state index in [1.807, 2.05) is 30.3 Å². The Morgan fingerprint density at radius 1 is 0.833 bits per heavy atom. The summed E-state index contributed by atoms with van der Waals surface area (Å²) in [4.78, 5) is 0. The zero-order valence-corrected chi connectivity index (χ0v) is 14.2. The topological polar surface area (TPSA) is 69.5 Å². The summed E-state index contributed by atoms with van der Waals surface area (Å²) in [7, 11) is 6.25. The number of hydrogen-bond donors (Lipinski definition) is 1. The third-order valence-electron chi connectivity index (χ3n) is 3.68. The predicted molar refractivity (Wildman–Crippen MR) is 91.1 cm³/mol. The van der Waals surface area contributed by atoms with Gasteiger partial charge >= 0.3 is 0 Å². The van der Waals surface area contributed by atoms with Crippen LogP contribution in [0.1, 0.15) is 11.1 Å².